The summed E-state index contributed by atoms with van der Waals surface area (Å²) < 4.78 is 64.1. The molecule has 4 rings (SSSR count). The predicted molar refractivity (Wildman–Crippen MR) is 115 cm³/mol. The van der Waals surface area contributed by atoms with E-state index < -0.39 is 33.7 Å². The summed E-state index contributed by atoms with van der Waals surface area (Å²) >= 11 is 13.5. The average Bonchev–Trinajstić information content (AvgIpc) is 3.12. The van der Waals surface area contributed by atoms with Crippen LogP contribution in [0.1, 0.15) is 11.1 Å². The summed E-state index contributed by atoms with van der Waals surface area (Å²) in [6, 6.07) is 9.11. The van der Waals surface area contributed by atoms with Gasteiger partial charge in [0.25, 0.3) is 0 Å². The lowest BCUT2D eigenvalue weighted by molar-refractivity contribution is -0.137. The van der Waals surface area contributed by atoms with Crippen LogP contribution in [0.4, 0.5) is 18.9 Å². The molecule has 0 aliphatic carbocycles. The third-order valence-corrected chi connectivity index (χ3v) is 8.23. The molecule has 2 unspecified atom stereocenters. The minimum atomic E-state index is -4.55. The van der Waals surface area contributed by atoms with Crippen LogP contribution < -0.4 is 4.90 Å². The monoisotopic (exact) mass is 494 g/mol. The molecule has 2 aliphatic heterocycles. The molecule has 0 spiro atoms. The largest absolute Gasteiger partial charge is 0.416 e. The van der Waals surface area contributed by atoms with Crippen LogP contribution >= 0.6 is 35.0 Å². The van der Waals surface area contributed by atoms with Crippen LogP contribution in [0.5, 0.6) is 0 Å². The number of amidine groups is 1. The molecule has 2 atom stereocenters. The van der Waals surface area contributed by atoms with E-state index in [1.807, 2.05) is 12.1 Å². The third kappa shape index (κ3) is 4.44. The minimum absolute atomic E-state index is 0.104. The van der Waals surface area contributed by atoms with Crippen LogP contribution in [0.3, 0.4) is 0 Å². The van der Waals surface area contributed by atoms with E-state index in [2.05, 4.69) is 4.99 Å². The number of fused-ring (bicyclic) bond motifs is 1. The number of sulfone groups is 1. The van der Waals surface area contributed by atoms with Gasteiger partial charge in [-0.3, -0.25) is 4.99 Å². The van der Waals surface area contributed by atoms with Crippen LogP contribution in [0.2, 0.25) is 10.0 Å². The van der Waals surface area contributed by atoms with Gasteiger partial charge in [0.2, 0.25) is 0 Å². The molecule has 1 fully saturated rings. The van der Waals surface area contributed by atoms with E-state index >= 15 is 0 Å². The normalized spacial score (nSPS) is 22.8. The maximum absolute atomic E-state index is 13.3. The van der Waals surface area contributed by atoms with Gasteiger partial charge in [-0.05, 0) is 35.9 Å². The first-order valence-electron chi connectivity index (χ1n) is 8.85. The molecule has 2 aromatic carbocycles. The average molecular weight is 495 g/mol. The van der Waals surface area contributed by atoms with Gasteiger partial charge in [0.05, 0.1) is 39.9 Å². The summed E-state index contributed by atoms with van der Waals surface area (Å²) in [6.45, 7) is 0. The predicted octanol–water partition coefficient (Wildman–Crippen LogP) is 5.29. The Kier molecular flexibility index (Phi) is 5.76. The van der Waals surface area contributed by atoms with Crippen molar-refractivity contribution in [1.82, 2.24) is 0 Å². The Morgan fingerprint density at radius 1 is 1.10 bits per heavy atom. The molecule has 30 heavy (non-hydrogen) atoms. The summed E-state index contributed by atoms with van der Waals surface area (Å²) in [5.74, 6) is 0.184. The summed E-state index contributed by atoms with van der Waals surface area (Å²) in [5, 5.41) is 1.16. The van der Waals surface area contributed by atoms with E-state index in [0.717, 1.165) is 17.7 Å². The second-order valence-electron chi connectivity index (χ2n) is 7.07. The highest BCUT2D eigenvalue weighted by Gasteiger charge is 2.48. The van der Waals surface area contributed by atoms with Crippen molar-refractivity contribution in [2.24, 2.45) is 4.99 Å². The van der Waals surface area contributed by atoms with Gasteiger partial charge in [-0.25, -0.2) is 8.42 Å². The molecule has 0 saturated carbocycles. The summed E-state index contributed by atoms with van der Waals surface area (Å²) in [5.41, 5.74) is 0.207. The van der Waals surface area contributed by atoms with Crippen LogP contribution in [-0.4, -0.2) is 37.2 Å². The van der Waals surface area contributed by atoms with Crippen molar-refractivity contribution >= 4 is 55.7 Å². The fraction of sp³-hybridized carbons (Fsp3) is 0.316. The van der Waals surface area contributed by atoms with Gasteiger partial charge in [-0.15, -0.1) is 0 Å². The molecule has 0 aromatic heterocycles. The van der Waals surface area contributed by atoms with Crippen molar-refractivity contribution in [2.45, 2.75) is 24.0 Å². The molecule has 0 radical (unpaired) electrons. The number of benzene rings is 2. The molecule has 0 N–H and O–H groups in total. The first-order valence-corrected chi connectivity index (χ1v) is 12.4. The molecule has 160 valence electrons. The Labute approximate surface area is 186 Å². The van der Waals surface area contributed by atoms with Crippen LogP contribution in [0.15, 0.2) is 47.5 Å². The lowest BCUT2D eigenvalue weighted by Crippen LogP contribution is -2.39. The summed E-state index contributed by atoms with van der Waals surface area (Å²) in [6.07, 6.45) is -4.55. The first kappa shape index (κ1) is 21.8. The fourth-order valence-electron chi connectivity index (χ4n) is 3.52. The molecule has 0 amide bonds. The molecule has 2 aromatic rings. The van der Waals surface area contributed by atoms with Crippen molar-refractivity contribution in [2.75, 3.05) is 16.4 Å². The Morgan fingerprint density at radius 2 is 1.80 bits per heavy atom. The van der Waals surface area contributed by atoms with Gasteiger partial charge in [-0.1, -0.05) is 47.1 Å². The van der Waals surface area contributed by atoms with Crippen molar-refractivity contribution < 1.29 is 21.6 Å². The number of alkyl halides is 3. The highest BCUT2D eigenvalue weighted by atomic mass is 35.5. The highest BCUT2D eigenvalue weighted by Crippen LogP contribution is 2.41. The van der Waals surface area contributed by atoms with Crippen LogP contribution in [0, 0.1) is 0 Å². The third-order valence-electron chi connectivity index (χ3n) is 4.92. The molecular formula is C19H15Cl2F3N2O2S2. The minimum Gasteiger partial charge on any atom is -0.313 e. The number of aliphatic imine (C=N–C) groups is 1. The van der Waals surface area contributed by atoms with Crippen molar-refractivity contribution in [3.05, 3.63) is 63.6 Å². The van der Waals surface area contributed by atoms with E-state index in [4.69, 9.17) is 23.2 Å². The summed E-state index contributed by atoms with van der Waals surface area (Å²) in [4.78, 5) is 6.08. The number of rotatable bonds is 3. The quantitative estimate of drug-likeness (QED) is 0.581. The lowest BCUT2D eigenvalue weighted by Gasteiger charge is -2.28. The van der Waals surface area contributed by atoms with Gasteiger partial charge in [-0.2, -0.15) is 13.2 Å². The van der Waals surface area contributed by atoms with E-state index in [-0.39, 0.29) is 22.2 Å². The Morgan fingerprint density at radius 3 is 2.47 bits per heavy atom. The van der Waals surface area contributed by atoms with Crippen molar-refractivity contribution in [3.8, 4) is 0 Å². The van der Waals surface area contributed by atoms with E-state index in [1.165, 1.54) is 17.8 Å². The molecule has 4 nitrogen and oxygen atoms in total. The zero-order valence-corrected chi connectivity index (χ0v) is 18.4. The lowest BCUT2D eigenvalue weighted by atomic mass is 10.1. The zero-order valence-electron chi connectivity index (χ0n) is 15.2. The number of nitrogens with zero attached hydrogens (tertiary/aromatic N) is 2. The highest BCUT2D eigenvalue weighted by molar-refractivity contribution is 8.13. The Hall–Kier alpha value is -1.42. The van der Waals surface area contributed by atoms with Crippen molar-refractivity contribution in [1.29, 1.82) is 0 Å². The second kappa shape index (κ2) is 7.93. The van der Waals surface area contributed by atoms with Gasteiger partial charge >= 0.3 is 6.18 Å². The number of anilines is 1. The van der Waals surface area contributed by atoms with E-state index in [1.54, 1.807) is 17.0 Å². The van der Waals surface area contributed by atoms with Crippen LogP contribution in [-0.2, 0) is 21.8 Å². The maximum atomic E-state index is 13.3. The molecule has 2 aliphatic rings. The topological polar surface area (TPSA) is 49.7 Å². The smallest absolute Gasteiger partial charge is 0.313 e. The van der Waals surface area contributed by atoms with Gasteiger partial charge in [0.1, 0.15) is 0 Å². The van der Waals surface area contributed by atoms with E-state index in [0.29, 0.717) is 15.9 Å². The van der Waals surface area contributed by atoms with E-state index in [9.17, 15) is 21.6 Å². The number of thioether (sulfide) groups is 1. The summed E-state index contributed by atoms with van der Waals surface area (Å²) in [7, 11) is -3.33. The number of hydrogen-bond acceptors (Lipinski definition) is 5. The van der Waals surface area contributed by atoms with Gasteiger partial charge < -0.3 is 4.90 Å². The number of hydrogen-bond donors (Lipinski definition) is 0. The molecule has 0 bridgehead atoms. The standard InChI is InChI=1S/C19H15Cl2F3N2O2S2/c20-13-4-1-11(2-5-13)8-29-18-25-15-9-30(27,28)10-17(15)26(18)16-7-12(19(22,23)24)3-6-14(16)21/h1-7,15,17H,8-10H2. The Balaban J connectivity index is 1.69. The molecule has 1 saturated heterocycles. The fourth-order valence-corrected chi connectivity index (χ4v) is 6.77. The Bertz CT molecular complexity index is 1110. The second-order valence-corrected chi connectivity index (χ2v) is 11.0. The molecular weight excluding hydrogens is 480 g/mol. The SMILES string of the molecule is O=S1(=O)CC2N=C(SCc3ccc(Cl)cc3)N(c3cc(C(F)(F)F)ccc3Cl)C2C1. The molecule has 11 heteroatoms. The van der Waals surface area contributed by atoms with Crippen LogP contribution in [0.25, 0.3) is 0 Å². The first-order chi connectivity index (χ1) is 14.0. The van der Waals surface area contributed by atoms with Crippen molar-refractivity contribution in [3.63, 3.8) is 0 Å². The molecule has 2 heterocycles. The van der Waals surface area contributed by atoms with Gasteiger partial charge in [0.15, 0.2) is 15.0 Å². The maximum Gasteiger partial charge on any atom is 0.416 e. The zero-order chi connectivity index (χ0) is 21.7. The number of halogens is 5. The van der Waals surface area contributed by atoms with Gasteiger partial charge in [0, 0.05) is 10.8 Å².